The molecule has 1 heterocycles. The topological polar surface area (TPSA) is 42.0 Å². The van der Waals surface area contributed by atoms with Gasteiger partial charge in [0.2, 0.25) is 5.91 Å². The van der Waals surface area contributed by atoms with Crippen LogP contribution in [-0.4, -0.2) is 10.9 Å². The molecule has 4 fully saturated rings. The van der Waals surface area contributed by atoms with Gasteiger partial charge in [0.25, 0.3) is 0 Å². The molecule has 1 aromatic heterocycles. The van der Waals surface area contributed by atoms with Gasteiger partial charge in [-0.25, -0.2) is 4.98 Å². The van der Waals surface area contributed by atoms with Gasteiger partial charge < -0.3 is 5.32 Å². The number of hydrogen-bond donors (Lipinski definition) is 1. The molecule has 4 bridgehead atoms. The number of thiazole rings is 1. The Morgan fingerprint density at radius 1 is 1.12 bits per heavy atom. The number of nitrogens with zero attached hydrogens (tertiary/aromatic N) is 1. The summed E-state index contributed by atoms with van der Waals surface area (Å²) in [6, 6.07) is 8.11. The molecule has 136 valence electrons. The minimum absolute atomic E-state index is 0.156. The highest BCUT2D eigenvalue weighted by atomic mass is 79.9. The number of anilines is 1. The third-order valence-electron chi connectivity index (χ3n) is 6.59. The quantitative estimate of drug-likeness (QED) is 0.634. The van der Waals surface area contributed by atoms with Gasteiger partial charge in [-0.2, -0.15) is 0 Å². The number of amides is 1. The highest BCUT2D eigenvalue weighted by Gasteiger charge is 2.51. The van der Waals surface area contributed by atoms with E-state index in [1.807, 2.05) is 29.6 Å². The van der Waals surface area contributed by atoms with E-state index in [2.05, 4.69) is 26.2 Å². The Labute approximate surface area is 166 Å². The molecule has 1 amide bonds. The Morgan fingerprint density at radius 2 is 1.73 bits per heavy atom. The van der Waals surface area contributed by atoms with Crippen LogP contribution in [0.5, 0.6) is 0 Å². The molecular formula is C21H23BrN2OS. The predicted octanol–water partition coefficient (Wildman–Crippen LogP) is 6.12. The van der Waals surface area contributed by atoms with Gasteiger partial charge in [-0.15, -0.1) is 11.3 Å². The molecule has 0 saturated heterocycles. The summed E-state index contributed by atoms with van der Waals surface area (Å²) in [5, 5.41) is 5.82. The van der Waals surface area contributed by atoms with Crippen molar-refractivity contribution in [1.82, 2.24) is 4.98 Å². The normalized spacial score (nSPS) is 32.0. The third-order valence-corrected chi connectivity index (χ3v) is 7.88. The smallest absolute Gasteiger partial charge is 0.226 e. The van der Waals surface area contributed by atoms with Crippen molar-refractivity contribution in [1.29, 1.82) is 0 Å². The molecule has 26 heavy (non-hydrogen) atoms. The van der Waals surface area contributed by atoms with Gasteiger partial charge in [0, 0.05) is 21.8 Å². The van der Waals surface area contributed by atoms with Crippen molar-refractivity contribution in [2.24, 2.45) is 23.2 Å². The number of carbonyl (C=O) groups is 1. The summed E-state index contributed by atoms with van der Waals surface area (Å²) >= 11 is 4.97. The Morgan fingerprint density at radius 3 is 2.35 bits per heavy atom. The second-order valence-corrected chi connectivity index (χ2v) is 10.5. The van der Waals surface area contributed by atoms with Crippen LogP contribution < -0.4 is 5.32 Å². The lowest BCUT2D eigenvalue weighted by Gasteiger charge is -2.56. The number of nitrogens with one attached hydrogen (secondary N) is 1. The number of carbonyl (C=O) groups excluding carboxylic acids is 1. The molecule has 4 aliphatic carbocycles. The highest BCUT2D eigenvalue weighted by molar-refractivity contribution is 9.10. The SMILES string of the molecule is O=C(CC12CC3CC(CC(C3)C1)C2)Nc1nc(-c2ccc(Br)cc2)cs1. The largest absolute Gasteiger partial charge is 0.302 e. The van der Waals surface area contributed by atoms with Crippen LogP contribution in [-0.2, 0) is 4.79 Å². The molecule has 0 spiro atoms. The maximum absolute atomic E-state index is 12.7. The molecule has 4 aliphatic rings. The summed E-state index contributed by atoms with van der Waals surface area (Å²) in [6.07, 6.45) is 8.76. The average Bonchev–Trinajstić information content (AvgIpc) is 3.02. The summed E-state index contributed by atoms with van der Waals surface area (Å²) in [5.41, 5.74) is 2.28. The van der Waals surface area contributed by atoms with Crippen LogP contribution in [0.1, 0.15) is 44.9 Å². The number of rotatable bonds is 4. The van der Waals surface area contributed by atoms with Crippen LogP contribution in [0, 0.1) is 23.2 Å². The summed E-state index contributed by atoms with van der Waals surface area (Å²) in [6.45, 7) is 0. The van der Waals surface area contributed by atoms with Gasteiger partial charge >= 0.3 is 0 Å². The number of hydrogen-bond acceptors (Lipinski definition) is 3. The highest BCUT2D eigenvalue weighted by Crippen LogP contribution is 2.61. The maximum atomic E-state index is 12.7. The van der Waals surface area contributed by atoms with Gasteiger partial charge in [-0.3, -0.25) is 4.79 Å². The fourth-order valence-corrected chi connectivity index (χ4v) is 7.10. The monoisotopic (exact) mass is 430 g/mol. The third kappa shape index (κ3) is 3.24. The number of benzene rings is 1. The van der Waals surface area contributed by atoms with Crippen LogP contribution in [0.4, 0.5) is 5.13 Å². The molecule has 0 radical (unpaired) electrons. The minimum Gasteiger partial charge on any atom is -0.302 e. The van der Waals surface area contributed by atoms with E-state index in [-0.39, 0.29) is 11.3 Å². The molecule has 0 unspecified atom stereocenters. The van der Waals surface area contributed by atoms with E-state index in [9.17, 15) is 4.79 Å². The molecular weight excluding hydrogens is 408 g/mol. The Hall–Kier alpha value is -1.20. The summed E-state index contributed by atoms with van der Waals surface area (Å²) < 4.78 is 1.06. The van der Waals surface area contributed by atoms with E-state index in [1.165, 1.54) is 49.9 Å². The van der Waals surface area contributed by atoms with Crippen LogP contribution in [0.3, 0.4) is 0 Å². The van der Waals surface area contributed by atoms with E-state index >= 15 is 0 Å². The van der Waals surface area contributed by atoms with E-state index in [0.29, 0.717) is 6.42 Å². The first kappa shape index (κ1) is 16.9. The van der Waals surface area contributed by atoms with Crippen molar-refractivity contribution >= 4 is 38.3 Å². The zero-order valence-electron chi connectivity index (χ0n) is 14.7. The molecule has 1 aromatic carbocycles. The Bertz CT molecular complexity index is 794. The van der Waals surface area contributed by atoms with E-state index < -0.39 is 0 Å². The molecule has 0 aliphatic heterocycles. The Kier molecular flexibility index (Phi) is 4.20. The second kappa shape index (κ2) is 6.45. The van der Waals surface area contributed by atoms with Crippen LogP contribution in [0.25, 0.3) is 11.3 Å². The first-order chi connectivity index (χ1) is 12.6. The average molecular weight is 431 g/mol. The molecule has 0 atom stereocenters. The van der Waals surface area contributed by atoms with Crippen molar-refractivity contribution in [3.63, 3.8) is 0 Å². The zero-order chi connectivity index (χ0) is 17.7. The maximum Gasteiger partial charge on any atom is 0.226 e. The lowest BCUT2D eigenvalue weighted by molar-refractivity contribution is -0.124. The predicted molar refractivity (Wildman–Crippen MR) is 109 cm³/mol. The second-order valence-electron chi connectivity index (χ2n) is 8.69. The lowest BCUT2D eigenvalue weighted by atomic mass is 9.49. The summed E-state index contributed by atoms with van der Waals surface area (Å²) in [7, 11) is 0. The number of halogens is 1. The molecule has 4 saturated carbocycles. The molecule has 3 nitrogen and oxygen atoms in total. The lowest BCUT2D eigenvalue weighted by Crippen LogP contribution is -2.47. The fourth-order valence-electron chi connectivity index (χ4n) is 6.09. The first-order valence-corrected chi connectivity index (χ1v) is 11.3. The fraction of sp³-hybridized carbons (Fsp3) is 0.524. The summed E-state index contributed by atoms with van der Waals surface area (Å²) in [4.78, 5) is 17.4. The van der Waals surface area contributed by atoms with Crippen molar-refractivity contribution in [3.05, 3.63) is 34.1 Å². The number of aromatic nitrogens is 1. The first-order valence-electron chi connectivity index (χ1n) is 9.58. The zero-order valence-corrected chi connectivity index (χ0v) is 17.1. The van der Waals surface area contributed by atoms with Gasteiger partial charge in [0.1, 0.15) is 0 Å². The molecule has 2 aromatic rings. The van der Waals surface area contributed by atoms with Crippen LogP contribution >= 0.6 is 27.3 Å². The van der Waals surface area contributed by atoms with Gasteiger partial charge in [-0.05, 0) is 73.8 Å². The van der Waals surface area contributed by atoms with Crippen LogP contribution in [0.15, 0.2) is 34.1 Å². The van der Waals surface area contributed by atoms with Crippen molar-refractivity contribution < 1.29 is 4.79 Å². The molecule has 1 N–H and O–H groups in total. The van der Waals surface area contributed by atoms with E-state index in [0.717, 1.165) is 38.6 Å². The van der Waals surface area contributed by atoms with Crippen molar-refractivity contribution in [2.75, 3.05) is 5.32 Å². The summed E-state index contributed by atoms with van der Waals surface area (Å²) in [5.74, 6) is 2.82. The van der Waals surface area contributed by atoms with Crippen LogP contribution in [0.2, 0.25) is 0 Å². The standard InChI is InChI=1S/C21H23BrN2OS/c22-17-3-1-16(2-4-17)18-12-26-20(23-18)24-19(25)11-21-8-13-5-14(9-21)7-15(6-13)10-21/h1-4,12-15H,5-11H2,(H,23,24,25). The van der Waals surface area contributed by atoms with E-state index in [1.54, 1.807) is 0 Å². The van der Waals surface area contributed by atoms with Gasteiger partial charge in [0.15, 0.2) is 5.13 Å². The van der Waals surface area contributed by atoms with Gasteiger partial charge in [-0.1, -0.05) is 28.1 Å². The Balaban J connectivity index is 1.26. The van der Waals surface area contributed by atoms with Crippen molar-refractivity contribution in [3.8, 4) is 11.3 Å². The van der Waals surface area contributed by atoms with E-state index in [4.69, 9.17) is 0 Å². The molecule has 6 rings (SSSR count). The van der Waals surface area contributed by atoms with Crippen molar-refractivity contribution in [2.45, 2.75) is 44.9 Å². The van der Waals surface area contributed by atoms with Gasteiger partial charge in [0.05, 0.1) is 5.69 Å². The molecule has 5 heteroatoms. The minimum atomic E-state index is 0.156.